The van der Waals surface area contributed by atoms with E-state index < -0.39 is 4.92 Å². The predicted molar refractivity (Wildman–Crippen MR) is 73.2 cm³/mol. The van der Waals surface area contributed by atoms with Crippen molar-refractivity contribution in [3.63, 3.8) is 0 Å². The Morgan fingerprint density at radius 3 is 2.47 bits per heavy atom. The van der Waals surface area contributed by atoms with Crippen molar-refractivity contribution in [2.75, 3.05) is 0 Å². The summed E-state index contributed by atoms with van der Waals surface area (Å²) < 4.78 is 6.14. The minimum absolute atomic E-state index is 0.0280. The lowest BCUT2D eigenvalue weighted by atomic mass is 10.2. The molecule has 0 radical (unpaired) electrons. The van der Waals surface area contributed by atoms with Crippen molar-refractivity contribution in [2.45, 2.75) is 6.61 Å². The first-order valence-electron chi connectivity index (χ1n) is 5.41. The third kappa shape index (κ3) is 3.45. The number of phenols is 1. The molecule has 2 aromatic rings. The maximum Gasteiger partial charge on any atom is 0.270 e. The Morgan fingerprint density at radius 1 is 1.21 bits per heavy atom. The van der Waals surface area contributed by atoms with Crippen LogP contribution in [0.1, 0.15) is 5.56 Å². The van der Waals surface area contributed by atoms with Crippen LogP contribution in [0.25, 0.3) is 0 Å². The van der Waals surface area contributed by atoms with Crippen molar-refractivity contribution >= 4 is 21.6 Å². The summed E-state index contributed by atoms with van der Waals surface area (Å²) in [5, 5.41) is 19.7. The van der Waals surface area contributed by atoms with E-state index in [4.69, 9.17) is 9.84 Å². The number of nitro benzene ring substituents is 1. The van der Waals surface area contributed by atoms with Gasteiger partial charge in [0.05, 0.1) is 4.92 Å². The molecule has 0 spiro atoms. The molecular formula is C13H10BrNO4. The van der Waals surface area contributed by atoms with Crippen LogP contribution in [0.5, 0.6) is 11.5 Å². The molecule has 2 rings (SSSR count). The largest absolute Gasteiger partial charge is 0.508 e. The number of nitro groups is 1. The van der Waals surface area contributed by atoms with E-state index in [0.29, 0.717) is 10.2 Å². The number of phenolic OH excluding ortho intramolecular Hbond substituents is 1. The number of hydrogen-bond acceptors (Lipinski definition) is 4. The molecule has 0 saturated heterocycles. The lowest BCUT2D eigenvalue weighted by Gasteiger charge is -2.07. The van der Waals surface area contributed by atoms with Crippen molar-refractivity contribution in [1.29, 1.82) is 0 Å². The zero-order valence-electron chi connectivity index (χ0n) is 9.75. The van der Waals surface area contributed by atoms with Gasteiger partial charge >= 0.3 is 0 Å². The fourth-order valence-electron chi connectivity index (χ4n) is 1.47. The third-order valence-electron chi connectivity index (χ3n) is 2.48. The highest BCUT2D eigenvalue weighted by Gasteiger charge is 2.09. The average molecular weight is 324 g/mol. The Morgan fingerprint density at radius 2 is 1.89 bits per heavy atom. The van der Waals surface area contributed by atoms with E-state index in [1.54, 1.807) is 18.2 Å². The monoisotopic (exact) mass is 323 g/mol. The van der Waals surface area contributed by atoms with Gasteiger partial charge in [-0.05, 0) is 30.3 Å². The average Bonchev–Trinajstić information content (AvgIpc) is 2.39. The SMILES string of the molecule is O=[N+]([O-])c1ccc(COc2ccc(O)cc2)c(Br)c1. The van der Waals surface area contributed by atoms with E-state index in [2.05, 4.69) is 15.9 Å². The van der Waals surface area contributed by atoms with Gasteiger partial charge in [-0.3, -0.25) is 10.1 Å². The van der Waals surface area contributed by atoms with E-state index in [9.17, 15) is 10.1 Å². The quantitative estimate of drug-likeness (QED) is 0.688. The van der Waals surface area contributed by atoms with Gasteiger partial charge in [0, 0.05) is 22.2 Å². The molecule has 0 aliphatic carbocycles. The van der Waals surface area contributed by atoms with Gasteiger partial charge in [0.25, 0.3) is 5.69 Å². The van der Waals surface area contributed by atoms with E-state index in [-0.39, 0.29) is 18.0 Å². The standard InChI is InChI=1S/C13H10BrNO4/c14-13-7-10(15(17)18)2-1-9(13)8-19-12-5-3-11(16)4-6-12/h1-7,16H,8H2. The molecule has 0 aliphatic heterocycles. The molecule has 0 aromatic heterocycles. The minimum Gasteiger partial charge on any atom is -0.508 e. The van der Waals surface area contributed by atoms with E-state index in [1.807, 2.05) is 0 Å². The number of nitrogens with zero attached hydrogens (tertiary/aromatic N) is 1. The third-order valence-corrected chi connectivity index (χ3v) is 3.22. The van der Waals surface area contributed by atoms with Crippen LogP contribution >= 0.6 is 15.9 Å². The molecule has 0 bridgehead atoms. The van der Waals surface area contributed by atoms with Gasteiger partial charge < -0.3 is 9.84 Å². The van der Waals surface area contributed by atoms with Crippen LogP contribution in [0.15, 0.2) is 46.9 Å². The Bertz CT molecular complexity index is 598. The Balaban J connectivity index is 2.07. The van der Waals surface area contributed by atoms with E-state index >= 15 is 0 Å². The number of ether oxygens (including phenoxy) is 1. The molecule has 0 unspecified atom stereocenters. The molecule has 2 aromatic carbocycles. The number of aromatic hydroxyl groups is 1. The molecule has 19 heavy (non-hydrogen) atoms. The molecular weight excluding hydrogens is 314 g/mol. The number of benzene rings is 2. The van der Waals surface area contributed by atoms with Gasteiger partial charge in [-0.1, -0.05) is 15.9 Å². The number of hydrogen-bond donors (Lipinski definition) is 1. The second kappa shape index (κ2) is 5.71. The maximum absolute atomic E-state index is 10.6. The second-order valence-electron chi connectivity index (χ2n) is 3.82. The molecule has 6 heteroatoms. The van der Waals surface area contributed by atoms with Crippen molar-refractivity contribution in [1.82, 2.24) is 0 Å². The summed E-state index contributed by atoms with van der Waals surface area (Å²) in [6.07, 6.45) is 0. The lowest BCUT2D eigenvalue weighted by Crippen LogP contribution is -1.97. The first-order chi connectivity index (χ1) is 9.06. The highest BCUT2D eigenvalue weighted by atomic mass is 79.9. The predicted octanol–water partition coefficient (Wildman–Crippen LogP) is 3.64. The van der Waals surface area contributed by atoms with Crippen LogP contribution in [0.4, 0.5) is 5.69 Å². The molecule has 1 N–H and O–H groups in total. The molecule has 98 valence electrons. The summed E-state index contributed by atoms with van der Waals surface area (Å²) in [6.45, 7) is 0.281. The summed E-state index contributed by atoms with van der Waals surface area (Å²) in [7, 11) is 0. The summed E-state index contributed by atoms with van der Waals surface area (Å²) in [5.41, 5.74) is 0.832. The Labute approximate surface area is 117 Å². The van der Waals surface area contributed by atoms with Gasteiger partial charge in [0.2, 0.25) is 0 Å². The summed E-state index contributed by atoms with van der Waals surface area (Å²) in [5.74, 6) is 0.784. The topological polar surface area (TPSA) is 72.6 Å². The van der Waals surface area contributed by atoms with Gasteiger partial charge in [0.1, 0.15) is 18.1 Å². The Kier molecular flexibility index (Phi) is 4.01. The number of rotatable bonds is 4. The molecule has 0 amide bonds. The maximum atomic E-state index is 10.6. The van der Waals surface area contributed by atoms with Gasteiger partial charge in [-0.25, -0.2) is 0 Å². The van der Waals surface area contributed by atoms with Crippen molar-refractivity contribution in [3.05, 3.63) is 62.6 Å². The summed E-state index contributed by atoms with van der Waals surface area (Å²) >= 11 is 3.28. The smallest absolute Gasteiger partial charge is 0.270 e. The number of non-ortho nitro benzene ring substituents is 1. The molecule has 5 nitrogen and oxygen atoms in total. The van der Waals surface area contributed by atoms with Gasteiger partial charge in [0.15, 0.2) is 0 Å². The summed E-state index contributed by atoms with van der Waals surface area (Å²) in [6, 6.07) is 10.9. The highest BCUT2D eigenvalue weighted by Crippen LogP contribution is 2.24. The second-order valence-corrected chi connectivity index (χ2v) is 4.67. The first-order valence-corrected chi connectivity index (χ1v) is 6.20. The normalized spacial score (nSPS) is 10.2. The number of halogens is 1. The zero-order chi connectivity index (χ0) is 13.8. The van der Waals surface area contributed by atoms with E-state index in [1.165, 1.54) is 24.3 Å². The van der Waals surface area contributed by atoms with Gasteiger partial charge in [-0.15, -0.1) is 0 Å². The van der Waals surface area contributed by atoms with Crippen LogP contribution < -0.4 is 4.74 Å². The fraction of sp³-hybridized carbons (Fsp3) is 0.0769. The van der Waals surface area contributed by atoms with Crippen molar-refractivity contribution in [3.8, 4) is 11.5 Å². The lowest BCUT2D eigenvalue weighted by molar-refractivity contribution is -0.384. The molecule has 0 saturated carbocycles. The first kappa shape index (κ1) is 13.4. The molecule has 0 aliphatic rings. The molecule has 0 fully saturated rings. The van der Waals surface area contributed by atoms with Gasteiger partial charge in [-0.2, -0.15) is 0 Å². The molecule has 0 atom stereocenters. The zero-order valence-corrected chi connectivity index (χ0v) is 11.3. The van der Waals surface area contributed by atoms with Crippen molar-refractivity contribution in [2.24, 2.45) is 0 Å². The minimum atomic E-state index is -0.449. The van der Waals surface area contributed by atoms with Crippen LogP contribution in [0, 0.1) is 10.1 Å². The van der Waals surface area contributed by atoms with Crippen molar-refractivity contribution < 1.29 is 14.8 Å². The van der Waals surface area contributed by atoms with Crippen LogP contribution in [-0.4, -0.2) is 10.0 Å². The van der Waals surface area contributed by atoms with Crippen LogP contribution in [0.3, 0.4) is 0 Å². The summed E-state index contributed by atoms with van der Waals surface area (Å²) in [4.78, 5) is 10.2. The highest BCUT2D eigenvalue weighted by molar-refractivity contribution is 9.10. The molecule has 0 heterocycles. The van der Waals surface area contributed by atoms with Crippen LogP contribution in [0.2, 0.25) is 0 Å². The van der Waals surface area contributed by atoms with E-state index in [0.717, 1.165) is 5.56 Å². The Hall–Kier alpha value is -2.08. The fourth-order valence-corrected chi connectivity index (χ4v) is 1.95. The van der Waals surface area contributed by atoms with Crippen LogP contribution in [-0.2, 0) is 6.61 Å².